The molecule has 0 amide bonds. The topological polar surface area (TPSA) is 19.7 Å². The third-order valence-electron chi connectivity index (χ3n) is 2.32. The van der Waals surface area contributed by atoms with Crippen molar-refractivity contribution in [2.75, 3.05) is 0 Å². The number of nitrogens with zero attached hydrogens (tertiary/aromatic N) is 1. The van der Waals surface area contributed by atoms with Crippen LogP contribution in [-0.2, 0) is 0 Å². The summed E-state index contributed by atoms with van der Waals surface area (Å²) < 4.78 is 2.03. The molecule has 0 aliphatic rings. The fourth-order valence-electron chi connectivity index (χ4n) is 1.46. The molecule has 0 aliphatic carbocycles. The number of aromatic amines is 1. The Morgan fingerprint density at radius 3 is 2.79 bits per heavy atom. The van der Waals surface area contributed by atoms with Gasteiger partial charge in [0.05, 0.1) is 6.20 Å². The summed E-state index contributed by atoms with van der Waals surface area (Å²) in [6, 6.07) is 0. The van der Waals surface area contributed by atoms with Crippen molar-refractivity contribution in [2.24, 2.45) is 0 Å². The quantitative estimate of drug-likeness (QED) is 0.507. The van der Waals surface area contributed by atoms with E-state index in [1.54, 1.807) is 0 Å². The van der Waals surface area contributed by atoms with Crippen LogP contribution in [0.3, 0.4) is 0 Å². The molecule has 1 heterocycles. The second-order valence-electron chi connectivity index (χ2n) is 3.65. The fourth-order valence-corrected chi connectivity index (χ4v) is 1.46. The second-order valence-corrected chi connectivity index (χ2v) is 3.65. The molecule has 14 heavy (non-hydrogen) atoms. The molecular formula is C12H21N2+. The van der Waals surface area contributed by atoms with Gasteiger partial charge in [0.2, 0.25) is 6.33 Å². The number of hydrogen-bond donors (Lipinski definition) is 1. The first-order valence-electron chi connectivity index (χ1n) is 5.63. The van der Waals surface area contributed by atoms with Crippen LogP contribution in [0.25, 0.3) is 6.20 Å². The minimum Gasteiger partial charge on any atom is -0.250 e. The van der Waals surface area contributed by atoms with E-state index in [1.165, 1.54) is 38.5 Å². The maximum absolute atomic E-state index is 3.01. The molecule has 1 rings (SSSR count). The summed E-state index contributed by atoms with van der Waals surface area (Å²) in [5.41, 5.74) is 0. The smallest absolute Gasteiger partial charge is 0.246 e. The summed E-state index contributed by atoms with van der Waals surface area (Å²) in [6.07, 6.45) is 18.2. The number of nitrogens with one attached hydrogen (secondary N) is 1. The van der Waals surface area contributed by atoms with Crippen LogP contribution in [-0.4, -0.2) is 4.98 Å². The van der Waals surface area contributed by atoms with E-state index in [0.717, 1.165) is 0 Å². The highest BCUT2D eigenvalue weighted by Crippen LogP contribution is 2.04. The van der Waals surface area contributed by atoms with Crippen molar-refractivity contribution < 1.29 is 4.57 Å². The number of hydrogen-bond acceptors (Lipinski definition) is 0. The molecule has 0 fully saturated rings. The minimum absolute atomic E-state index is 1.20. The highest BCUT2D eigenvalue weighted by molar-refractivity contribution is 5.04. The van der Waals surface area contributed by atoms with Crippen LogP contribution in [0, 0.1) is 0 Å². The van der Waals surface area contributed by atoms with Crippen LogP contribution in [0.2, 0.25) is 0 Å². The van der Waals surface area contributed by atoms with E-state index < -0.39 is 0 Å². The van der Waals surface area contributed by atoms with Crippen molar-refractivity contribution in [1.29, 1.82) is 0 Å². The average Bonchev–Trinajstić information content (AvgIpc) is 2.69. The number of unbranched alkanes of at least 4 members (excludes halogenated alkanes) is 5. The van der Waals surface area contributed by atoms with Crippen LogP contribution < -0.4 is 4.57 Å². The van der Waals surface area contributed by atoms with E-state index in [2.05, 4.69) is 24.2 Å². The lowest BCUT2D eigenvalue weighted by Gasteiger charge is -1.95. The van der Waals surface area contributed by atoms with E-state index in [-0.39, 0.29) is 0 Å². The van der Waals surface area contributed by atoms with Gasteiger partial charge in [-0.05, 0) is 18.9 Å². The molecule has 2 heteroatoms. The zero-order chi connectivity index (χ0) is 10.1. The Labute approximate surface area is 86.7 Å². The molecule has 1 N–H and O–H groups in total. The van der Waals surface area contributed by atoms with E-state index in [9.17, 15) is 0 Å². The van der Waals surface area contributed by atoms with Gasteiger partial charge in [-0.1, -0.05) is 32.6 Å². The predicted octanol–water partition coefficient (Wildman–Crippen LogP) is 3.13. The van der Waals surface area contributed by atoms with Gasteiger partial charge >= 0.3 is 0 Å². The molecule has 0 atom stereocenters. The molecule has 1 aromatic heterocycles. The number of imidazole rings is 1. The second kappa shape index (κ2) is 7.36. The Morgan fingerprint density at radius 2 is 2.07 bits per heavy atom. The zero-order valence-corrected chi connectivity index (χ0v) is 9.08. The van der Waals surface area contributed by atoms with Crippen LogP contribution in [0.4, 0.5) is 0 Å². The molecule has 0 saturated heterocycles. The van der Waals surface area contributed by atoms with Gasteiger partial charge in [-0.25, -0.2) is 9.55 Å². The number of H-pyrrole nitrogens is 1. The van der Waals surface area contributed by atoms with Gasteiger partial charge in [-0.2, -0.15) is 0 Å². The van der Waals surface area contributed by atoms with Crippen molar-refractivity contribution in [3.8, 4) is 0 Å². The van der Waals surface area contributed by atoms with Gasteiger partial charge in [0, 0.05) is 0 Å². The molecule has 0 unspecified atom stereocenters. The first kappa shape index (κ1) is 11.0. The third kappa shape index (κ3) is 4.85. The summed E-state index contributed by atoms with van der Waals surface area (Å²) in [5, 5.41) is 0. The van der Waals surface area contributed by atoms with Crippen LogP contribution in [0.15, 0.2) is 24.8 Å². The molecule has 78 valence electrons. The highest BCUT2D eigenvalue weighted by Gasteiger charge is 1.89. The summed E-state index contributed by atoms with van der Waals surface area (Å²) in [4.78, 5) is 3.01. The van der Waals surface area contributed by atoms with Crippen molar-refractivity contribution in [1.82, 2.24) is 4.98 Å². The molecular weight excluding hydrogens is 172 g/mol. The van der Waals surface area contributed by atoms with Crippen molar-refractivity contribution >= 4 is 6.20 Å². The Hall–Kier alpha value is -1.05. The summed E-state index contributed by atoms with van der Waals surface area (Å²) >= 11 is 0. The van der Waals surface area contributed by atoms with E-state index >= 15 is 0 Å². The normalized spacial score (nSPS) is 11.2. The standard InChI is InChI=1S/C12H20N2/c1-2-3-4-5-6-7-8-10-14-11-9-13-12-14/h8-12H,2-7H2,1H3/p+1. The molecule has 1 aromatic rings. The van der Waals surface area contributed by atoms with Crippen molar-refractivity contribution in [2.45, 2.75) is 45.4 Å². The lowest BCUT2D eigenvalue weighted by atomic mass is 10.1. The van der Waals surface area contributed by atoms with Crippen LogP contribution in [0.1, 0.15) is 45.4 Å². The zero-order valence-electron chi connectivity index (χ0n) is 9.08. The Bertz CT molecular complexity index is 237. The average molecular weight is 193 g/mol. The van der Waals surface area contributed by atoms with Crippen molar-refractivity contribution in [3.63, 3.8) is 0 Å². The lowest BCUT2D eigenvalue weighted by molar-refractivity contribution is -0.566. The largest absolute Gasteiger partial charge is 0.250 e. The molecule has 2 nitrogen and oxygen atoms in total. The monoisotopic (exact) mass is 193 g/mol. The van der Waals surface area contributed by atoms with E-state index in [0.29, 0.717) is 0 Å². The number of rotatable bonds is 7. The van der Waals surface area contributed by atoms with Crippen LogP contribution >= 0.6 is 0 Å². The maximum atomic E-state index is 3.01. The molecule has 0 aliphatic heterocycles. The lowest BCUT2D eigenvalue weighted by Crippen LogP contribution is -2.20. The van der Waals surface area contributed by atoms with Gasteiger partial charge in [0.1, 0.15) is 12.4 Å². The van der Waals surface area contributed by atoms with Gasteiger partial charge in [-0.15, -0.1) is 0 Å². The van der Waals surface area contributed by atoms with Crippen molar-refractivity contribution in [3.05, 3.63) is 24.8 Å². The van der Waals surface area contributed by atoms with Crippen LogP contribution in [0.5, 0.6) is 0 Å². The summed E-state index contributed by atoms with van der Waals surface area (Å²) in [5.74, 6) is 0. The van der Waals surface area contributed by atoms with Gasteiger partial charge in [0.25, 0.3) is 0 Å². The van der Waals surface area contributed by atoms with Gasteiger partial charge < -0.3 is 0 Å². The molecule has 0 aromatic carbocycles. The first-order valence-corrected chi connectivity index (χ1v) is 5.63. The Balaban J connectivity index is 1.98. The molecule has 0 radical (unpaired) electrons. The number of aromatic nitrogens is 2. The molecule has 0 spiro atoms. The first-order chi connectivity index (χ1) is 6.93. The summed E-state index contributed by atoms with van der Waals surface area (Å²) in [7, 11) is 0. The van der Waals surface area contributed by atoms with E-state index in [1.807, 2.05) is 23.3 Å². The maximum Gasteiger partial charge on any atom is 0.246 e. The highest BCUT2D eigenvalue weighted by atomic mass is 15.0. The third-order valence-corrected chi connectivity index (χ3v) is 2.32. The molecule has 0 bridgehead atoms. The van der Waals surface area contributed by atoms with E-state index in [4.69, 9.17) is 0 Å². The summed E-state index contributed by atoms with van der Waals surface area (Å²) in [6.45, 7) is 2.25. The van der Waals surface area contributed by atoms with Gasteiger partial charge in [0.15, 0.2) is 0 Å². The molecule has 0 saturated carbocycles. The Morgan fingerprint density at radius 1 is 1.21 bits per heavy atom. The predicted molar refractivity (Wildman–Crippen MR) is 59.7 cm³/mol. The SMILES string of the molecule is CCCCCCCC=C[n+]1cc[nH]c1. The minimum atomic E-state index is 1.20. The fraction of sp³-hybridized carbons (Fsp3) is 0.583. The Kier molecular flexibility index (Phi) is 5.80. The number of allylic oxidation sites excluding steroid dienone is 1. The van der Waals surface area contributed by atoms with Gasteiger partial charge in [-0.3, -0.25) is 0 Å².